The molecule has 0 saturated heterocycles. The van der Waals surface area contributed by atoms with Crippen LogP contribution in [0.4, 0.5) is 0 Å². The molecule has 1 aliphatic heterocycles. The monoisotopic (exact) mass is 355 g/mol. The molecule has 1 atom stereocenters. The molecule has 1 aliphatic rings. The number of carboxylic acid groups (broad SMARTS) is 1. The Labute approximate surface area is 151 Å². The third kappa shape index (κ3) is 4.75. The highest BCUT2D eigenvalue weighted by Gasteiger charge is 2.19. The minimum atomic E-state index is -0.910. The van der Waals surface area contributed by atoms with Gasteiger partial charge in [-0.05, 0) is 29.7 Å². The maximum Gasteiger partial charge on any atom is 0.303 e. The molecule has 2 N–H and O–H groups in total. The van der Waals surface area contributed by atoms with Crippen LogP contribution in [0.25, 0.3) is 0 Å². The molecule has 0 aromatic heterocycles. The summed E-state index contributed by atoms with van der Waals surface area (Å²) in [5.41, 5.74) is 1.90. The fourth-order valence-corrected chi connectivity index (χ4v) is 2.98. The van der Waals surface area contributed by atoms with E-state index < -0.39 is 5.97 Å². The Morgan fingerprint density at radius 3 is 2.58 bits per heavy atom. The van der Waals surface area contributed by atoms with E-state index in [4.69, 9.17) is 14.6 Å². The standard InChI is InChI=1S/C20H21NO5/c22-19(11-16(12-20(23)24)15-4-2-1-3-5-15)21-9-8-14-6-7-17-18(10-14)26-13-25-17/h1-7,10,16H,8-9,11-13H2,(H,21,22)(H,23,24). The molecule has 0 radical (unpaired) electrons. The summed E-state index contributed by atoms with van der Waals surface area (Å²) >= 11 is 0. The molecule has 6 nitrogen and oxygen atoms in total. The van der Waals surface area contributed by atoms with Crippen LogP contribution in [0, 0.1) is 0 Å². The number of ether oxygens (including phenoxy) is 2. The lowest BCUT2D eigenvalue weighted by molar-refractivity contribution is -0.137. The van der Waals surface area contributed by atoms with Gasteiger partial charge in [0, 0.05) is 18.9 Å². The van der Waals surface area contributed by atoms with E-state index in [9.17, 15) is 9.59 Å². The van der Waals surface area contributed by atoms with Crippen LogP contribution in [-0.2, 0) is 16.0 Å². The van der Waals surface area contributed by atoms with Crippen molar-refractivity contribution in [3.8, 4) is 11.5 Å². The van der Waals surface area contributed by atoms with Crippen LogP contribution in [0.1, 0.15) is 29.9 Å². The third-order valence-electron chi connectivity index (χ3n) is 4.30. The lowest BCUT2D eigenvalue weighted by Gasteiger charge is -2.15. The van der Waals surface area contributed by atoms with E-state index >= 15 is 0 Å². The first-order valence-electron chi connectivity index (χ1n) is 8.54. The summed E-state index contributed by atoms with van der Waals surface area (Å²) < 4.78 is 10.6. The fraction of sp³-hybridized carbons (Fsp3) is 0.300. The normalized spacial score (nSPS) is 13.2. The van der Waals surface area contributed by atoms with Gasteiger partial charge in [-0.15, -0.1) is 0 Å². The molecule has 1 heterocycles. The highest BCUT2D eigenvalue weighted by molar-refractivity contribution is 5.78. The quantitative estimate of drug-likeness (QED) is 0.760. The van der Waals surface area contributed by atoms with Gasteiger partial charge < -0.3 is 19.9 Å². The predicted octanol–water partition coefficient (Wildman–Crippen LogP) is 2.72. The van der Waals surface area contributed by atoms with Crippen LogP contribution >= 0.6 is 0 Å². The average Bonchev–Trinajstić information content (AvgIpc) is 3.09. The molecule has 1 unspecified atom stereocenters. The summed E-state index contributed by atoms with van der Waals surface area (Å²) in [6.07, 6.45) is 0.744. The predicted molar refractivity (Wildman–Crippen MR) is 95.3 cm³/mol. The van der Waals surface area contributed by atoms with Crippen molar-refractivity contribution < 1.29 is 24.2 Å². The number of carbonyl (C=O) groups is 2. The first kappa shape index (κ1) is 17.8. The Kier molecular flexibility index (Phi) is 5.73. The largest absolute Gasteiger partial charge is 0.481 e. The fourth-order valence-electron chi connectivity index (χ4n) is 2.98. The maximum absolute atomic E-state index is 12.2. The van der Waals surface area contributed by atoms with Crippen LogP contribution in [0.15, 0.2) is 48.5 Å². The molecule has 26 heavy (non-hydrogen) atoms. The van der Waals surface area contributed by atoms with Gasteiger partial charge in [-0.2, -0.15) is 0 Å². The number of fused-ring (bicyclic) bond motifs is 1. The topological polar surface area (TPSA) is 84.9 Å². The van der Waals surface area contributed by atoms with Crippen molar-refractivity contribution in [3.05, 3.63) is 59.7 Å². The number of aliphatic carboxylic acids is 1. The molecule has 0 aliphatic carbocycles. The van der Waals surface area contributed by atoms with Gasteiger partial charge in [0.1, 0.15) is 0 Å². The first-order valence-corrected chi connectivity index (χ1v) is 8.54. The van der Waals surface area contributed by atoms with Gasteiger partial charge in [0.05, 0.1) is 6.42 Å². The highest BCUT2D eigenvalue weighted by Crippen LogP contribution is 2.32. The minimum Gasteiger partial charge on any atom is -0.481 e. The van der Waals surface area contributed by atoms with E-state index in [0.29, 0.717) is 13.0 Å². The van der Waals surface area contributed by atoms with Gasteiger partial charge in [-0.1, -0.05) is 36.4 Å². The van der Waals surface area contributed by atoms with Gasteiger partial charge in [-0.25, -0.2) is 0 Å². The Morgan fingerprint density at radius 1 is 1.04 bits per heavy atom. The van der Waals surface area contributed by atoms with Crippen molar-refractivity contribution >= 4 is 11.9 Å². The number of hydrogen-bond donors (Lipinski definition) is 2. The van der Waals surface area contributed by atoms with Crippen LogP contribution in [0.2, 0.25) is 0 Å². The number of benzene rings is 2. The number of carboxylic acids is 1. The molecule has 136 valence electrons. The molecule has 0 saturated carbocycles. The van der Waals surface area contributed by atoms with E-state index in [1.54, 1.807) is 0 Å². The lowest BCUT2D eigenvalue weighted by Crippen LogP contribution is -2.27. The summed E-state index contributed by atoms with van der Waals surface area (Å²) in [4.78, 5) is 23.3. The second-order valence-electron chi connectivity index (χ2n) is 6.20. The van der Waals surface area contributed by atoms with Crippen molar-refractivity contribution in [2.75, 3.05) is 13.3 Å². The van der Waals surface area contributed by atoms with E-state index in [0.717, 1.165) is 22.6 Å². The van der Waals surface area contributed by atoms with Gasteiger partial charge in [-0.3, -0.25) is 9.59 Å². The van der Waals surface area contributed by atoms with Crippen molar-refractivity contribution in [1.82, 2.24) is 5.32 Å². The van der Waals surface area contributed by atoms with Crippen molar-refractivity contribution in [2.45, 2.75) is 25.2 Å². The molecular formula is C20H21NO5. The number of nitrogens with one attached hydrogen (secondary N) is 1. The number of carbonyl (C=O) groups excluding carboxylic acids is 1. The van der Waals surface area contributed by atoms with Gasteiger partial charge in [0.25, 0.3) is 0 Å². The second-order valence-corrected chi connectivity index (χ2v) is 6.20. The van der Waals surface area contributed by atoms with E-state index in [1.165, 1.54) is 0 Å². The van der Waals surface area contributed by atoms with E-state index in [2.05, 4.69) is 5.32 Å². The summed E-state index contributed by atoms with van der Waals surface area (Å²) in [6, 6.07) is 15.0. The highest BCUT2D eigenvalue weighted by atomic mass is 16.7. The SMILES string of the molecule is O=C(O)CC(CC(=O)NCCc1ccc2c(c1)OCO2)c1ccccc1. The van der Waals surface area contributed by atoms with Crippen molar-refractivity contribution in [2.24, 2.45) is 0 Å². The summed E-state index contributed by atoms with van der Waals surface area (Å²) in [7, 11) is 0. The number of rotatable bonds is 8. The van der Waals surface area contributed by atoms with Gasteiger partial charge >= 0.3 is 5.97 Å². The van der Waals surface area contributed by atoms with E-state index in [-0.39, 0.29) is 31.5 Å². The molecule has 1 amide bonds. The number of hydrogen-bond acceptors (Lipinski definition) is 4. The lowest BCUT2D eigenvalue weighted by atomic mass is 9.92. The number of amides is 1. The molecule has 2 aromatic carbocycles. The molecule has 0 spiro atoms. The zero-order valence-electron chi connectivity index (χ0n) is 14.3. The maximum atomic E-state index is 12.2. The van der Waals surface area contributed by atoms with E-state index in [1.807, 2.05) is 48.5 Å². The minimum absolute atomic E-state index is 0.0698. The molecular weight excluding hydrogens is 334 g/mol. The third-order valence-corrected chi connectivity index (χ3v) is 4.30. The van der Waals surface area contributed by atoms with Gasteiger partial charge in [0.15, 0.2) is 11.5 Å². The second kappa shape index (κ2) is 8.38. The average molecular weight is 355 g/mol. The van der Waals surface area contributed by atoms with Crippen LogP contribution in [0.3, 0.4) is 0 Å². The summed E-state index contributed by atoms with van der Waals surface area (Å²) in [6.45, 7) is 0.715. The zero-order valence-corrected chi connectivity index (χ0v) is 14.3. The Hall–Kier alpha value is -3.02. The van der Waals surface area contributed by atoms with Crippen molar-refractivity contribution in [1.29, 1.82) is 0 Å². The first-order chi connectivity index (χ1) is 12.6. The molecule has 3 rings (SSSR count). The smallest absolute Gasteiger partial charge is 0.303 e. The molecule has 2 aromatic rings. The molecule has 6 heteroatoms. The molecule has 0 bridgehead atoms. The van der Waals surface area contributed by atoms with Crippen LogP contribution in [0.5, 0.6) is 11.5 Å². The summed E-state index contributed by atoms with van der Waals surface area (Å²) in [5, 5.41) is 12.0. The Bertz CT molecular complexity index is 775. The molecule has 0 fully saturated rings. The van der Waals surface area contributed by atoms with Crippen LogP contribution in [-0.4, -0.2) is 30.3 Å². The summed E-state index contributed by atoms with van der Waals surface area (Å²) in [5.74, 6) is 0.0590. The Morgan fingerprint density at radius 2 is 1.81 bits per heavy atom. The van der Waals surface area contributed by atoms with Crippen LogP contribution < -0.4 is 14.8 Å². The van der Waals surface area contributed by atoms with Crippen molar-refractivity contribution in [3.63, 3.8) is 0 Å². The van der Waals surface area contributed by atoms with Gasteiger partial charge in [0.2, 0.25) is 12.7 Å². The Balaban J connectivity index is 1.51. The zero-order chi connectivity index (χ0) is 18.4.